The summed E-state index contributed by atoms with van der Waals surface area (Å²) < 4.78 is 5.14. The Bertz CT molecular complexity index is 117. The van der Waals surface area contributed by atoms with Crippen LogP contribution in [0.3, 0.4) is 0 Å². The lowest BCUT2D eigenvalue weighted by molar-refractivity contribution is -0.00210. The fourth-order valence-corrected chi connectivity index (χ4v) is 1.02. The molecule has 5 heteroatoms. The van der Waals surface area contributed by atoms with Crippen LogP contribution >= 0.6 is 0 Å². The molecule has 0 aliphatic carbocycles. The summed E-state index contributed by atoms with van der Waals surface area (Å²) in [6.07, 6.45) is -0.673. The SMILES string of the molecule is OC[C@@H](O)CNN1CCOCC1. The molecular weight excluding hydrogens is 160 g/mol. The van der Waals surface area contributed by atoms with Crippen LogP contribution in [-0.4, -0.2) is 60.8 Å². The van der Waals surface area contributed by atoms with Crippen LogP contribution in [-0.2, 0) is 4.74 Å². The van der Waals surface area contributed by atoms with Crippen LogP contribution in [0.2, 0.25) is 0 Å². The van der Waals surface area contributed by atoms with Gasteiger partial charge in [-0.05, 0) is 0 Å². The second-order valence-electron chi connectivity index (χ2n) is 2.80. The molecule has 12 heavy (non-hydrogen) atoms. The molecule has 0 radical (unpaired) electrons. The van der Waals surface area contributed by atoms with Crippen molar-refractivity contribution >= 4 is 0 Å². The first-order chi connectivity index (χ1) is 5.83. The summed E-state index contributed by atoms with van der Waals surface area (Å²) >= 11 is 0. The van der Waals surface area contributed by atoms with E-state index in [9.17, 15) is 0 Å². The Morgan fingerprint density at radius 1 is 1.42 bits per heavy atom. The summed E-state index contributed by atoms with van der Waals surface area (Å²) in [4.78, 5) is 0. The fraction of sp³-hybridized carbons (Fsp3) is 1.00. The fourth-order valence-electron chi connectivity index (χ4n) is 1.02. The average molecular weight is 176 g/mol. The highest BCUT2D eigenvalue weighted by Crippen LogP contribution is 1.92. The molecule has 0 unspecified atom stereocenters. The standard InChI is InChI=1S/C7H16N2O3/c10-6-7(11)5-8-9-1-3-12-4-2-9/h7-8,10-11H,1-6H2/t7-/m0/s1. The minimum Gasteiger partial charge on any atom is -0.394 e. The number of aliphatic hydroxyl groups excluding tert-OH is 2. The van der Waals surface area contributed by atoms with E-state index in [2.05, 4.69) is 5.43 Å². The van der Waals surface area contributed by atoms with E-state index in [1.54, 1.807) is 0 Å². The van der Waals surface area contributed by atoms with Crippen LogP contribution in [0.5, 0.6) is 0 Å². The number of hydrogen-bond acceptors (Lipinski definition) is 5. The van der Waals surface area contributed by atoms with Gasteiger partial charge in [-0.2, -0.15) is 0 Å². The third-order valence-corrected chi connectivity index (χ3v) is 1.77. The summed E-state index contributed by atoms with van der Waals surface area (Å²) in [6, 6.07) is 0. The molecule has 0 bridgehead atoms. The number of nitrogens with one attached hydrogen (secondary N) is 1. The highest BCUT2D eigenvalue weighted by Gasteiger charge is 2.10. The molecule has 1 rings (SSSR count). The van der Waals surface area contributed by atoms with Crippen LogP contribution in [0, 0.1) is 0 Å². The van der Waals surface area contributed by atoms with Gasteiger partial charge in [-0.1, -0.05) is 0 Å². The maximum Gasteiger partial charge on any atom is 0.0908 e. The van der Waals surface area contributed by atoms with Gasteiger partial charge in [0.25, 0.3) is 0 Å². The maximum atomic E-state index is 9.02. The van der Waals surface area contributed by atoms with Gasteiger partial charge in [0.2, 0.25) is 0 Å². The minimum absolute atomic E-state index is 0.197. The van der Waals surface area contributed by atoms with Crippen LogP contribution in [0.25, 0.3) is 0 Å². The topological polar surface area (TPSA) is 65.0 Å². The number of aliphatic hydroxyl groups is 2. The van der Waals surface area contributed by atoms with Crippen LogP contribution in [0.15, 0.2) is 0 Å². The lowest BCUT2D eigenvalue weighted by Gasteiger charge is -2.27. The van der Waals surface area contributed by atoms with Crippen molar-refractivity contribution in [2.24, 2.45) is 0 Å². The Morgan fingerprint density at radius 3 is 2.67 bits per heavy atom. The van der Waals surface area contributed by atoms with Gasteiger partial charge < -0.3 is 14.9 Å². The van der Waals surface area contributed by atoms with E-state index in [4.69, 9.17) is 14.9 Å². The number of rotatable bonds is 4. The van der Waals surface area contributed by atoms with Crippen molar-refractivity contribution in [3.8, 4) is 0 Å². The number of ether oxygens (including phenoxy) is 1. The summed E-state index contributed by atoms with van der Waals surface area (Å²) in [7, 11) is 0. The van der Waals surface area contributed by atoms with Crippen LogP contribution in [0.1, 0.15) is 0 Å². The van der Waals surface area contributed by atoms with Crippen molar-refractivity contribution in [3.05, 3.63) is 0 Å². The molecular formula is C7H16N2O3. The van der Waals surface area contributed by atoms with Crippen molar-refractivity contribution in [1.29, 1.82) is 0 Å². The third kappa shape index (κ3) is 3.46. The zero-order chi connectivity index (χ0) is 8.81. The van der Waals surface area contributed by atoms with E-state index in [1.807, 2.05) is 5.01 Å². The smallest absolute Gasteiger partial charge is 0.0908 e. The highest BCUT2D eigenvalue weighted by molar-refractivity contribution is 4.60. The summed E-state index contributed by atoms with van der Waals surface area (Å²) in [5.74, 6) is 0. The van der Waals surface area contributed by atoms with E-state index < -0.39 is 6.10 Å². The highest BCUT2D eigenvalue weighted by atomic mass is 16.5. The first kappa shape index (κ1) is 9.88. The van der Waals surface area contributed by atoms with E-state index in [-0.39, 0.29) is 6.61 Å². The minimum atomic E-state index is -0.673. The van der Waals surface area contributed by atoms with Gasteiger partial charge in [0, 0.05) is 19.6 Å². The molecule has 72 valence electrons. The van der Waals surface area contributed by atoms with Crippen molar-refractivity contribution in [1.82, 2.24) is 10.4 Å². The summed E-state index contributed by atoms with van der Waals surface area (Å²) in [5.41, 5.74) is 3.02. The van der Waals surface area contributed by atoms with Gasteiger partial charge in [0.15, 0.2) is 0 Å². The van der Waals surface area contributed by atoms with Gasteiger partial charge in [-0.15, -0.1) is 0 Å². The number of nitrogens with zero attached hydrogens (tertiary/aromatic N) is 1. The van der Waals surface area contributed by atoms with Crippen LogP contribution < -0.4 is 5.43 Å². The first-order valence-electron chi connectivity index (χ1n) is 4.18. The molecule has 0 aromatic carbocycles. The molecule has 1 saturated heterocycles. The van der Waals surface area contributed by atoms with Gasteiger partial charge in [-0.3, -0.25) is 5.43 Å². The predicted octanol–water partition coefficient (Wildman–Crippen LogP) is -1.82. The quantitative estimate of drug-likeness (QED) is 0.470. The van der Waals surface area contributed by atoms with E-state index in [0.717, 1.165) is 26.3 Å². The monoisotopic (exact) mass is 176 g/mol. The molecule has 1 aliphatic rings. The Hall–Kier alpha value is -0.200. The first-order valence-corrected chi connectivity index (χ1v) is 4.18. The number of morpholine rings is 1. The molecule has 1 atom stereocenters. The average Bonchev–Trinajstić information content (AvgIpc) is 2.16. The molecule has 0 aromatic heterocycles. The Labute approximate surface area is 71.9 Å². The van der Waals surface area contributed by atoms with Crippen molar-refractivity contribution in [2.45, 2.75) is 6.10 Å². The number of hydrazine groups is 1. The van der Waals surface area contributed by atoms with E-state index in [1.165, 1.54) is 0 Å². The van der Waals surface area contributed by atoms with Gasteiger partial charge in [0.05, 0.1) is 25.9 Å². The largest absolute Gasteiger partial charge is 0.394 e. The molecule has 0 spiro atoms. The van der Waals surface area contributed by atoms with E-state index >= 15 is 0 Å². The molecule has 0 amide bonds. The van der Waals surface area contributed by atoms with Gasteiger partial charge in [-0.25, -0.2) is 5.01 Å². The molecule has 1 heterocycles. The van der Waals surface area contributed by atoms with Crippen molar-refractivity contribution in [2.75, 3.05) is 39.5 Å². The number of hydrogen-bond donors (Lipinski definition) is 3. The van der Waals surface area contributed by atoms with E-state index in [0.29, 0.717) is 6.54 Å². The molecule has 0 saturated carbocycles. The van der Waals surface area contributed by atoms with Gasteiger partial charge >= 0.3 is 0 Å². The lowest BCUT2D eigenvalue weighted by atomic mass is 10.4. The summed E-state index contributed by atoms with van der Waals surface area (Å²) in [5, 5.41) is 19.5. The molecule has 1 aliphatic heterocycles. The maximum absolute atomic E-state index is 9.02. The van der Waals surface area contributed by atoms with Gasteiger partial charge in [0.1, 0.15) is 0 Å². The molecule has 5 nitrogen and oxygen atoms in total. The predicted molar refractivity (Wildman–Crippen MR) is 43.5 cm³/mol. The summed E-state index contributed by atoms with van der Waals surface area (Å²) in [6.45, 7) is 3.31. The Morgan fingerprint density at radius 2 is 2.08 bits per heavy atom. The second-order valence-corrected chi connectivity index (χ2v) is 2.80. The second kappa shape index (κ2) is 5.45. The molecule has 1 fully saturated rings. The zero-order valence-corrected chi connectivity index (χ0v) is 7.07. The lowest BCUT2D eigenvalue weighted by Crippen LogP contribution is -2.48. The third-order valence-electron chi connectivity index (χ3n) is 1.77. The Balaban J connectivity index is 2.05. The Kier molecular flexibility index (Phi) is 4.49. The zero-order valence-electron chi connectivity index (χ0n) is 7.07. The molecule has 0 aromatic rings. The van der Waals surface area contributed by atoms with Crippen molar-refractivity contribution in [3.63, 3.8) is 0 Å². The van der Waals surface area contributed by atoms with Crippen LogP contribution in [0.4, 0.5) is 0 Å². The molecule has 3 N–H and O–H groups in total. The van der Waals surface area contributed by atoms with Crippen molar-refractivity contribution < 1.29 is 14.9 Å². The normalized spacial score (nSPS) is 22.5.